The van der Waals surface area contributed by atoms with Gasteiger partial charge in [0.25, 0.3) is 11.5 Å². The number of nitrogens with zero attached hydrogens (tertiary/aromatic N) is 3. The first-order valence-electron chi connectivity index (χ1n) is 12.8. The molecule has 184 valence electrons. The first-order valence-corrected chi connectivity index (χ1v) is 12.8. The summed E-state index contributed by atoms with van der Waals surface area (Å²) in [6.45, 7) is 5.79. The third kappa shape index (κ3) is 5.54. The van der Waals surface area contributed by atoms with Crippen molar-refractivity contribution in [1.82, 2.24) is 14.5 Å². The van der Waals surface area contributed by atoms with Crippen LogP contribution in [0.25, 0.3) is 0 Å². The van der Waals surface area contributed by atoms with Crippen LogP contribution in [0, 0.1) is 6.92 Å². The molecular weight excluding hydrogens is 436 g/mol. The normalized spacial score (nSPS) is 13.8. The van der Waals surface area contributed by atoms with E-state index in [0.717, 1.165) is 41.9 Å². The average Bonchev–Trinajstić information content (AvgIpc) is 2.89. The predicted molar refractivity (Wildman–Crippen MR) is 140 cm³/mol. The molecule has 1 amide bonds. The average molecular weight is 473 g/mol. The molecule has 2 aromatic carbocycles. The minimum atomic E-state index is -0.297. The number of amides is 1. The Bertz CT molecular complexity index is 1200. The molecule has 1 aromatic heterocycles. The van der Waals surface area contributed by atoms with E-state index >= 15 is 0 Å². The van der Waals surface area contributed by atoms with Crippen LogP contribution in [-0.2, 0) is 19.4 Å². The van der Waals surface area contributed by atoms with E-state index in [1.165, 1.54) is 0 Å². The van der Waals surface area contributed by atoms with Crippen LogP contribution in [0.15, 0.2) is 59.4 Å². The van der Waals surface area contributed by atoms with Crippen LogP contribution in [-0.4, -0.2) is 33.4 Å². The van der Waals surface area contributed by atoms with Crippen LogP contribution in [0.3, 0.4) is 0 Å². The van der Waals surface area contributed by atoms with Crippen molar-refractivity contribution in [3.05, 3.63) is 98.7 Å². The molecule has 3 aromatic rings. The van der Waals surface area contributed by atoms with E-state index in [1.54, 1.807) is 0 Å². The second kappa shape index (κ2) is 11.5. The summed E-state index contributed by atoms with van der Waals surface area (Å²) in [5.41, 5.74) is 10.2. The van der Waals surface area contributed by atoms with Crippen LogP contribution in [0.5, 0.6) is 0 Å². The van der Waals surface area contributed by atoms with Crippen LogP contribution in [0.4, 0.5) is 0 Å². The van der Waals surface area contributed by atoms with E-state index in [2.05, 4.69) is 6.92 Å². The van der Waals surface area contributed by atoms with E-state index < -0.39 is 0 Å². The van der Waals surface area contributed by atoms with Crippen LogP contribution in [0.2, 0.25) is 0 Å². The van der Waals surface area contributed by atoms with Gasteiger partial charge >= 0.3 is 0 Å². The molecule has 0 spiro atoms. The number of fused-ring (bicyclic) bond motifs is 1. The van der Waals surface area contributed by atoms with Gasteiger partial charge in [0.1, 0.15) is 5.82 Å². The maximum absolute atomic E-state index is 13.8. The van der Waals surface area contributed by atoms with Crippen molar-refractivity contribution < 1.29 is 4.79 Å². The highest BCUT2D eigenvalue weighted by molar-refractivity contribution is 5.94. The van der Waals surface area contributed by atoms with Gasteiger partial charge in [0.15, 0.2) is 0 Å². The zero-order valence-corrected chi connectivity index (χ0v) is 20.9. The number of aryl methyl sites for hydroxylation is 2. The van der Waals surface area contributed by atoms with Crippen molar-refractivity contribution >= 4 is 5.91 Å². The van der Waals surface area contributed by atoms with Gasteiger partial charge in [-0.2, -0.15) is 0 Å². The lowest BCUT2D eigenvalue weighted by molar-refractivity contribution is 0.0663. The highest BCUT2D eigenvalue weighted by Crippen LogP contribution is 2.29. The molecule has 2 N–H and O–H groups in total. The summed E-state index contributed by atoms with van der Waals surface area (Å²) in [5.74, 6) is 0.795. The minimum absolute atomic E-state index is 0.0357. The van der Waals surface area contributed by atoms with Gasteiger partial charge in [-0.3, -0.25) is 14.2 Å². The molecule has 0 saturated carbocycles. The molecule has 4 rings (SSSR count). The van der Waals surface area contributed by atoms with Crippen LogP contribution in [0.1, 0.15) is 77.2 Å². The zero-order valence-electron chi connectivity index (χ0n) is 20.9. The van der Waals surface area contributed by atoms with E-state index in [9.17, 15) is 9.59 Å². The van der Waals surface area contributed by atoms with E-state index in [0.29, 0.717) is 50.0 Å². The van der Waals surface area contributed by atoms with Crippen molar-refractivity contribution in [2.24, 2.45) is 5.73 Å². The standard InChI is InChI=1S/C29H36N4O2/c1-3-25(32(19-9-17-30)28(34)23-15-13-21(2)14-16-23)27-24(20-22-10-5-4-6-11-22)29(35)33-18-8-7-12-26(33)31-27/h4-6,10-11,13-16,25H,3,7-9,12,17-20,30H2,1-2H3. The van der Waals surface area contributed by atoms with Gasteiger partial charge in [0.2, 0.25) is 0 Å². The Labute approximate surface area is 207 Å². The third-order valence-corrected chi connectivity index (χ3v) is 6.87. The second-order valence-electron chi connectivity index (χ2n) is 9.40. The molecular formula is C29H36N4O2. The van der Waals surface area contributed by atoms with Gasteiger partial charge in [-0.05, 0) is 56.8 Å². The molecule has 1 aliphatic rings. The SMILES string of the molecule is CCC(c1nc2n(c(=O)c1Cc1ccccc1)CCCC2)N(CCCN)C(=O)c1ccc(C)cc1. The maximum atomic E-state index is 13.8. The van der Waals surface area contributed by atoms with E-state index in [4.69, 9.17) is 10.7 Å². The van der Waals surface area contributed by atoms with E-state index in [-0.39, 0.29) is 17.5 Å². The fourth-order valence-corrected chi connectivity index (χ4v) is 4.96. The minimum Gasteiger partial charge on any atom is -0.330 e. The smallest absolute Gasteiger partial charge is 0.257 e. The van der Waals surface area contributed by atoms with Crippen molar-refractivity contribution in [2.75, 3.05) is 13.1 Å². The number of carbonyl (C=O) groups is 1. The summed E-state index contributed by atoms with van der Waals surface area (Å²) in [6, 6.07) is 17.4. The molecule has 6 nitrogen and oxygen atoms in total. The second-order valence-corrected chi connectivity index (χ2v) is 9.40. The Morgan fingerprint density at radius 1 is 1.11 bits per heavy atom. The quantitative estimate of drug-likeness (QED) is 0.500. The molecule has 1 aliphatic heterocycles. The van der Waals surface area contributed by atoms with Gasteiger partial charge in [0.05, 0.1) is 11.7 Å². The van der Waals surface area contributed by atoms with Gasteiger partial charge < -0.3 is 10.6 Å². The summed E-state index contributed by atoms with van der Waals surface area (Å²) in [5, 5.41) is 0. The highest BCUT2D eigenvalue weighted by Gasteiger charge is 2.30. The fraction of sp³-hybridized carbons (Fsp3) is 0.414. The lowest BCUT2D eigenvalue weighted by Crippen LogP contribution is -2.40. The summed E-state index contributed by atoms with van der Waals surface area (Å²) >= 11 is 0. The Kier molecular flexibility index (Phi) is 8.13. The van der Waals surface area contributed by atoms with Crippen molar-refractivity contribution in [1.29, 1.82) is 0 Å². The number of carbonyl (C=O) groups excluding carboxylic acids is 1. The van der Waals surface area contributed by atoms with Gasteiger partial charge in [-0.1, -0.05) is 55.0 Å². The number of aromatic nitrogens is 2. The molecule has 0 fully saturated rings. The first-order chi connectivity index (χ1) is 17.0. The molecule has 6 heteroatoms. The van der Waals surface area contributed by atoms with Gasteiger partial charge in [0, 0.05) is 37.1 Å². The van der Waals surface area contributed by atoms with E-state index in [1.807, 2.05) is 71.0 Å². The summed E-state index contributed by atoms with van der Waals surface area (Å²) < 4.78 is 1.85. The summed E-state index contributed by atoms with van der Waals surface area (Å²) in [7, 11) is 0. The van der Waals surface area contributed by atoms with Crippen molar-refractivity contribution in [2.45, 2.75) is 65.0 Å². The Morgan fingerprint density at radius 3 is 2.54 bits per heavy atom. The Balaban J connectivity index is 1.82. The maximum Gasteiger partial charge on any atom is 0.257 e. The Hall–Kier alpha value is -3.25. The number of rotatable bonds is 9. The molecule has 1 unspecified atom stereocenters. The van der Waals surface area contributed by atoms with Gasteiger partial charge in [-0.25, -0.2) is 4.98 Å². The largest absolute Gasteiger partial charge is 0.330 e. The van der Waals surface area contributed by atoms with Crippen LogP contribution < -0.4 is 11.3 Å². The van der Waals surface area contributed by atoms with Crippen molar-refractivity contribution in [3.8, 4) is 0 Å². The number of hydrogen-bond acceptors (Lipinski definition) is 4. The van der Waals surface area contributed by atoms with Gasteiger partial charge in [-0.15, -0.1) is 0 Å². The molecule has 2 heterocycles. The topological polar surface area (TPSA) is 81.2 Å². The number of benzene rings is 2. The molecule has 1 atom stereocenters. The Morgan fingerprint density at radius 2 is 1.86 bits per heavy atom. The monoisotopic (exact) mass is 472 g/mol. The molecule has 0 bridgehead atoms. The summed E-state index contributed by atoms with van der Waals surface area (Å²) in [6.07, 6.45) is 4.66. The molecule has 35 heavy (non-hydrogen) atoms. The zero-order chi connectivity index (χ0) is 24.8. The number of hydrogen-bond donors (Lipinski definition) is 1. The molecule has 0 aliphatic carbocycles. The molecule has 0 radical (unpaired) electrons. The lowest BCUT2D eigenvalue weighted by atomic mass is 9.96. The van der Waals surface area contributed by atoms with Crippen LogP contribution >= 0.6 is 0 Å². The molecule has 0 saturated heterocycles. The highest BCUT2D eigenvalue weighted by atomic mass is 16.2. The van der Waals surface area contributed by atoms with Crippen molar-refractivity contribution in [3.63, 3.8) is 0 Å². The first kappa shape index (κ1) is 24.9. The predicted octanol–water partition coefficient (Wildman–Crippen LogP) is 4.42. The summed E-state index contributed by atoms with van der Waals surface area (Å²) in [4.78, 5) is 34.5. The lowest BCUT2D eigenvalue weighted by Gasteiger charge is -2.33. The number of nitrogens with two attached hydrogens (primary N) is 1. The fourth-order valence-electron chi connectivity index (χ4n) is 4.96. The third-order valence-electron chi connectivity index (χ3n) is 6.87.